The number of aromatic nitrogens is 2. The van der Waals surface area contributed by atoms with Gasteiger partial charge in [-0.2, -0.15) is 5.10 Å². The second kappa shape index (κ2) is 5.35. The van der Waals surface area contributed by atoms with Crippen LogP contribution in [0.2, 0.25) is 0 Å². The highest BCUT2D eigenvalue weighted by atomic mass is 16.2. The van der Waals surface area contributed by atoms with Gasteiger partial charge in [0.25, 0.3) is 5.91 Å². The van der Waals surface area contributed by atoms with E-state index in [1.54, 1.807) is 0 Å². The maximum atomic E-state index is 12.3. The third-order valence-corrected chi connectivity index (χ3v) is 3.84. The predicted octanol–water partition coefficient (Wildman–Crippen LogP) is 2.81. The zero-order valence-corrected chi connectivity index (χ0v) is 12.8. The first-order valence-electron chi connectivity index (χ1n) is 7.55. The van der Waals surface area contributed by atoms with Crippen molar-refractivity contribution in [1.29, 1.82) is 0 Å². The van der Waals surface area contributed by atoms with E-state index in [-0.39, 0.29) is 11.9 Å². The maximum Gasteiger partial charge on any atom is 0.272 e. The minimum absolute atomic E-state index is 0.0611. The molecule has 0 spiro atoms. The Hall–Kier alpha value is -2.10. The Morgan fingerprint density at radius 2 is 1.95 bits per heavy atom. The molecule has 1 heterocycles. The molecule has 1 N–H and O–H groups in total. The number of carbonyl (C=O) groups excluding carboxylic acids is 1. The van der Waals surface area contributed by atoms with Crippen LogP contribution in [-0.2, 0) is 12.8 Å². The van der Waals surface area contributed by atoms with Crippen LogP contribution in [-0.4, -0.2) is 21.7 Å². The summed E-state index contributed by atoms with van der Waals surface area (Å²) in [5.74, 6) is -0.0611. The molecule has 0 saturated heterocycles. The molecule has 1 aliphatic carbocycles. The topological polar surface area (TPSA) is 46.9 Å². The third-order valence-electron chi connectivity index (χ3n) is 3.84. The Morgan fingerprint density at radius 1 is 1.24 bits per heavy atom. The highest BCUT2D eigenvalue weighted by molar-refractivity contribution is 5.94. The SMILES string of the molecule is Cc1ccc(-n2nc(C(=O)NC(C)C)c3c2CCC3)cc1. The summed E-state index contributed by atoms with van der Waals surface area (Å²) in [5, 5.41) is 7.54. The van der Waals surface area contributed by atoms with E-state index in [0.717, 1.165) is 30.5 Å². The molecule has 21 heavy (non-hydrogen) atoms. The first-order chi connectivity index (χ1) is 10.1. The van der Waals surface area contributed by atoms with E-state index in [1.165, 1.54) is 11.3 Å². The van der Waals surface area contributed by atoms with Crippen LogP contribution in [0.4, 0.5) is 0 Å². The van der Waals surface area contributed by atoms with E-state index < -0.39 is 0 Å². The van der Waals surface area contributed by atoms with Gasteiger partial charge >= 0.3 is 0 Å². The summed E-state index contributed by atoms with van der Waals surface area (Å²) >= 11 is 0. The van der Waals surface area contributed by atoms with Gasteiger partial charge in [-0.15, -0.1) is 0 Å². The summed E-state index contributed by atoms with van der Waals surface area (Å²) in [5.41, 5.74) is 5.15. The normalized spacial score (nSPS) is 13.5. The van der Waals surface area contributed by atoms with Crippen molar-refractivity contribution in [3.63, 3.8) is 0 Å². The summed E-state index contributed by atoms with van der Waals surface area (Å²) < 4.78 is 1.94. The molecule has 1 aromatic heterocycles. The van der Waals surface area contributed by atoms with Crippen molar-refractivity contribution >= 4 is 5.91 Å². The Bertz CT molecular complexity index is 668. The molecule has 4 heteroatoms. The molecule has 1 aliphatic rings. The second-order valence-electron chi connectivity index (χ2n) is 6.00. The standard InChI is InChI=1S/C17H21N3O/c1-11(2)18-17(21)16-14-5-4-6-15(14)20(19-16)13-9-7-12(3)8-10-13/h7-11H,4-6H2,1-3H3,(H,18,21). The Balaban J connectivity index is 2.03. The third kappa shape index (κ3) is 2.58. The zero-order valence-electron chi connectivity index (χ0n) is 12.8. The molecular formula is C17H21N3O. The van der Waals surface area contributed by atoms with Crippen LogP contribution in [0.15, 0.2) is 24.3 Å². The van der Waals surface area contributed by atoms with Crippen LogP contribution in [0.3, 0.4) is 0 Å². The van der Waals surface area contributed by atoms with Gasteiger partial charge in [0, 0.05) is 17.3 Å². The molecule has 4 nitrogen and oxygen atoms in total. The monoisotopic (exact) mass is 283 g/mol. The molecule has 0 bridgehead atoms. The zero-order chi connectivity index (χ0) is 15.0. The number of carbonyl (C=O) groups is 1. The minimum Gasteiger partial charge on any atom is -0.348 e. The lowest BCUT2D eigenvalue weighted by molar-refractivity contribution is 0.0936. The van der Waals surface area contributed by atoms with Gasteiger partial charge in [-0.05, 0) is 52.2 Å². The molecule has 1 amide bonds. The van der Waals surface area contributed by atoms with Crippen molar-refractivity contribution in [3.8, 4) is 5.69 Å². The Morgan fingerprint density at radius 3 is 2.62 bits per heavy atom. The Labute approximate surface area is 125 Å². The molecule has 0 radical (unpaired) electrons. The molecule has 0 fully saturated rings. The van der Waals surface area contributed by atoms with E-state index in [0.29, 0.717) is 5.69 Å². The van der Waals surface area contributed by atoms with Crippen molar-refractivity contribution in [2.75, 3.05) is 0 Å². The summed E-state index contributed by atoms with van der Waals surface area (Å²) in [6.45, 7) is 6.00. The maximum absolute atomic E-state index is 12.3. The summed E-state index contributed by atoms with van der Waals surface area (Å²) in [6, 6.07) is 8.40. The molecule has 0 saturated carbocycles. The fourth-order valence-corrected chi connectivity index (χ4v) is 2.85. The summed E-state index contributed by atoms with van der Waals surface area (Å²) in [7, 11) is 0. The molecular weight excluding hydrogens is 262 g/mol. The number of nitrogens with zero attached hydrogens (tertiary/aromatic N) is 2. The van der Waals surface area contributed by atoms with Crippen molar-refractivity contribution in [3.05, 3.63) is 46.8 Å². The molecule has 0 unspecified atom stereocenters. The fraction of sp³-hybridized carbons (Fsp3) is 0.412. The number of nitrogens with one attached hydrogen (secondary N) is 1. The van der Waals surface area contributed by atoms with Crippen LogP contribution in [0.1, 0.15) is 47.6 Å². The average Bonchev–Trinajstić information content (AvgIpc) is 3.00. The van der Waals surface area contributed by atoms with Gasteiger partial charge in [-0.3, -0.25) is 4.79 Å². The summed E-state index contributed by atoms with van der Waals surface area (Å²) in [6.07, 6.45) is 3.04. The van der Waals surface area contributed by atoms with E-state index in [9.17, 15) is 4.79 Å². The number of fused-ring (bicyclic) bond motifs is 1. The summed E-state index contributed by atoms with van der Waals surface area (Å²) in [4.78, 5) is 12.3. The van der Waals surface area contributed by atoms with E-state index in [1.807, 2.05) is 18.5 Å². The number of rotatable bonds is 3. The van der Waals surface area contributed by atoms with E-state index in [4.69, 9.17) is 0 Å². The van der Waals surface area contributed by atoms with Crippen molar-refractivity contribution < 1.29 is 4.79 Å². The van der Waals surface area contributed by atoms with Crippen molar-refractivity contribution in [2.24, 2.45) is 0 Å². The fourth-order valence-electron chi connectivity index (χ4n) is 2.85. The number of hydrogen-bond donors (Lipinski definition) is 1. The lowest BCUT2D eigenvalue weighted by Crippen LogP contribution is -2.31. The molecule has 110 valence electrons. The second-order valence-corrected chi connectivity index (χ2v) is 6.00. The van der Waals surface area contributed by atoms with Crippen LogP contribution in [0.5, 0.6) is 0 Å². The number of aryl methyl sites for hydroxylation is 1. The van der Waals surface area contributed by atoms with Gasteiger partial charge in [0.15, 0.2) is 5.69 Å². The largest absolute Gasteiger partial charge is 0.348 e. The van der Waals surface area contributed by atoms with E-state index in [2.05, 4.69) is 41.6 Å². The molecule has 0 aliphatic heterocycles. The van der Waals surface area contributed by atoms with Gasteiger partial charge < -0.3 is 5.32 Å². The van der Waals surface area contributed by atoms with Crippen molar-refractivity contribution in [1.82, 2.24) is 15.1 Å². The number of benzene rings is 1. The number of hydrogen-bond acceptors (Lipinski definition) is 2. The highest BCUT2D eigenvalue weighted by Gasteiger charge is 2.26. The molecule has 1 aromatic carbocycles. The molecule has 3 rings (SSSR count). The Kier molecular flexibility index (Phi) is 3.53. The van der Waals surface area contributed by atoms with Crippen LogP contribution >= 0.6 is 0 Å². The van der Waals surface area contributed by atoms with Gasteiger partial charge in [-0.1, -0.05) is 17.7 Å². The van der Waals surface area contributed by atoms with Crippen LogP contribution in [0, 0.1) is 6.92 Å². The smallest absolute Gasteiger partial charge is 0.272 e. The quantitative estimate of drug-likeness (QED) is 0.941. The molecule has 2 aromatic rings. The predicted molar refractivity (Wildman–Crippen MR) is 82.9 cm³/mol. The van der Waals surface area contributed by atoms with Gasteiger partial charge in [-0.25, -0.2) is 4.68 Å². The number of amides is 1. The average molecular weight is 283 g/mol. The lowest BCUT2D eigenvalue weighted by atomic mass is 10.2. The molecule has 0 atom stereocenters. The van der Waals surface area contributed by atoms with Gasteiger partial charge in [0.05, 0.1) is 5.69 Å². The van der Waals surface area contributed by atoms with Crippen LogP contribution < -0.4 is 5.32 Å². The highest BCUT2D eigenvalue weighted by Crippen LogP contribution is 2.27. The minimum atomic E-state index is -0.0611. The van der Waals surface area contributed by atoms with Crippen molar-refractivity contribution in [2.45, 2.75) is 46.1 Å². The van der Waals surface area contributed by atoms with Gasteiger partial charge in [0.2, 0.25) is 0 Å². The first kappa shape index (κ1) is 13.9. The van der Waals surface area contributed by atoms with E-state index >= 15 is 0 Å². The lowest BCUT2D eigenvalue weighted by Gasteiger charge is -2.07. The first-order valence-corrected chi connectivity index (χ1v) is 7.55. The van der Waals surface area contributed by atoms with Crippen LogP contribution in [0.25, 0.3) is 5.69 Å². The van der Waals surface area contributed by atoms with Gasteiger partial charge in [0.1, 0.15) is 0 Å².